The molecule has 1 aromatic heterocycles. The van der Waals surface area contributed by atoms with Crippen molar-refractivity contribution in [1.29, 1.82) is 0 Å². The summed E-state index contributed by atoms with van der Waals surface area (Å²) < 4.78 is 18.3. The Morgan fingerprint density at radius 1 is 1.50 bits per heavy atom. The van der Waals surface area contributed by atoms with Gasteiger partial charge in [0.25, 0.3) is 0 Å². The number of halogens is 1. The zero-order chi connectivity index (χ0) is 10.1. The van der Waals surface area contributed by atoms with E-state index in [1.165, 1.54) is 19.4 Å². The molecular weight excluding hydrogens is 185 g/mol. The molecule has 2 aromatic rings. The summed E-state index contributed by atoms with van der Waals surface area (Å²) in [6.45, 7) is 0. The first-order valence-electron chi connectivity index (χ1n) is 4.06. The smallest absolute Gasteiger partial charge is 0.152 e. The Balaban J connectivity index is 2.79. The molecule has 4 heteroatoms. The number of carbonyl (C=O) groups excluding carboxylic acids is 1. The molecule has 0 aliphatic heterocycles. The second-order valence-electron chi connectivity index (χ2n) is 2.89. The highest BCUT2D eigenvalue weighted by Crippen LogP contribution is 2.25. The van der Waals surface area contributed by atoms with E-state index < -0.39 is 5.82 Å². The van der Waals surface area contributed by atoms with Crippen molar-refractivity contribution >= 4 is 17.2 Å². The number of aromatic nitrogens is 1. The van der Waals surface area contributed by atoms with E-state index in [-0.39, 0.29) is 0 Å². The average molecular weight is 193 g/mol. The monoisotopic (exact) mass is 193 g/mol. The summed E-state index contributed by atoms with van der Waals surface area (Å²) in [4.78, 5) is 13.3. The van der Waals surface area contributed by atoms with Gasteiger partial charge < -0.3 is 9.72 Å². The summed E-state index contributed by atoms with van der Waals surface area (Å²) in [6, 6.07) is 2.89. The van der Waals surface area contributed by atoms with Crippen LogP contribution in [0.1, 0.15) is 10.4 Å². The zero-order valence-electron chi connectivity index (χ0n) is 7.50. The summed E-state index contributed by atoms with van der Waals surface area (Å²) in [5.74, 6) is -0.0230. The van der Waals surface area contributed by atoms with Crippen molar-refractivity contribution in [2.45, 2.75) is 0 Å². The van der Waals surface area contributed by atoms with Gasteiger partial charge in [-0.05, 0) is 6.07 Å². The molecule has 1 heterocycles. The maximum Gasteiger partial charge on any atom is 0.152 e. The minimum Gasteiger partial charge on any atom is -0.497 e. The van der Waals surface area contributed by atoms with Crippen LogP contribution in [-0.2, 0) is 0 Å². The molecule has 0 fully saturated rings. The number of hydrogen-bond donors (Lipinski definition) is 1. The Morgan fingerprint density at radius 2 is 2.29 bits per heavy atom. The molecule has 0 unspecified atom stereocenters. The molecular formula is C10H8FNO2. The fourth-order valence-electron chi connectivity index (χ4n) is 1.40. The fourth-order valence-corrected chi connectivity index (χ4v) is 1.40. The lowest BCUT2D eigenvalue weighted by atomic mass is 10.2. The van der Waals surface area contributed by atoms with Crippen LogP contribution in [0.25, 0.3) is 10.9 Å². The molecule has 72 valence electrons. The Labute approximate surface area is 79.5 Å². The molecule has 0 saturated carbocycles. The van der Waals surface area contributed by atoms with E-state index in [4.69, 9.17) is 4.74 Å². The van der Waals surface area contributed by atoms with Gasteiger partial charge in [-0.25, -0.2) is 4.39 Å². The first kappa shape index (κ1) is 8.74. The van der Waals surface area contributed by atoms with Crippen molar-refractivity contribution < 1.29 is 13.9 Å². The third-order valence-electron chi connectivity index (χ3n) is 2.11. The number of nitrogens with one attached hydrogen (secondary N) is 1. The molecule has 14 heavy (non-hydrogen) atoms. The highest BCUT2D eigenvalue weighted by atomic mass is 19.1. The lowest BCUT2D eigenvalue weighted by Gasteiger charge is -2.00. The van der Waals surface area contributed by atoms with Gasteiger partial charge in [0.2, 0.25) is 0 Å². The Bertz CT molecular complexity index is 490. The molecule has 0 aliphatic rings. The van der Waals surface area contributed by atoms with Gasteiger partial charge in [-0.2, -0.15) is 0 Å². The molecule has 3 nitrogen and oxygen atoms in total. The van der Waals surface area contributed by atoms with Crippen molar-refractivity contribution in [3.8, 4) is 5.75 Å². The normalized spacial score (nSPS) is 10.4. The number of aldehydes is 1. The van der Waals surface area contributed by atoms with Gasteiger partial charge in [-0.15, -0.1) is 0 Å². The van der Waals surface area contributed by atoms with Crippen LogP contribution in [0.5, 0.6) is 5.75 Å². The minimum atomic E-state index is -0.424. The van der Waals surface area contributed by atoms with E-state index in [9.17, 15) is 9.18 Å². The van der Waals surface area contributed by atoms with E-state index in [1.807, 2.05) is 0 Å². The largest absolute Gasteiger partial charge is 0.497 e. The SMILES string of the molecule is COc1cc(F)c2[nH]cc(C=O)c2c1. The van der Waals surface area contributed by atoms with Crippen LogP contribution >= 0.6 is 0 Å². The molecule has 1 aromatic carbocycles. The number of rotatable bonds is 2. The first-order chi connectivity index (χ1) is 6.76. The van der Waals surface area contributed by atoms with E-state index in [2.05, 4.69) is 4.98 Å². The van der Waals surface area contributed by atoms with Crippen molar-refractivity contribution in [3.05, 3.63) is 29.7 Å². The highest BCUT2D eigenvalue weighted by molar-refractivity contribution is 5.98. The van der Waals surface area contributed by atoms with E-state index in [1.54, 1.807) is 6.07 Å². The van der Waals surface area contributed by atoms with Gasteiger partial charge in [-0.1, -0.05) is 0 Å². The quantitative estimate of drug-likeness (QED) is 0.742. The predicted octanol–water partition coefficient (Wildman–Crippen LogP) is 2.13. The van der Waals surface area contributed by atoms with Crippen molar-refractivity contribution in [3.63, 3.8) is 0 Å². The van der Waals surface area contributed by atoms with Gasteiger partial charge in [0.05, 0.1) is 12.6 Å². The lowest BCUT2D eigenvalue weighted by Crippen LogP contribution is -1.86. The van der Waals surface area contributed by atoms with Crippen LogP contribution in [0.15, 0.2) is 18.3 Å². The second kappa shape index (κ2) is 3.14. The van der Waals surface area contributed by atoms with E-state index in [0.29, 0.717) is 28.5 Å². The Morgan fingerprint density at radius 3 is 2.93 bits per heavy atom. The number of aromatic amines is 1. The Kier molecular flexibility index (Phi) is 1.96. The third-order valence-corrected chi connectivity index (χ3v) is 2.11. The standard InChI is InChI=1S/C10H8FNO2/c1-14-7-2-8-6(5-13)4-12-10(8)9(11)3-7/h2-5,12H,1H3. The van der Waals surface area contributed by atoms with Crippen LogP contribution in [-0.4, -0.2) is 18.4 Å². The third kappa shape index (κ3) is 1.16. The van der Waals surface area contributed by atoms with Crippen molar-refractivity contribution in [2.24, 2.45) is 0 Å². The van der Waals surface area contributed by atoms with Crippen molar-refractivity contribution in [1.82, 2.24) is 4.98 Å². The number of fused-ring (bicyclic) bond motifs is 1. The molecule has 0 saturated heterocycles. The highest BCUT2D eigenvalue weighted by Gasteiger charge is 2.09. The van der Waals surface area contributed by atoms with Crippen molar-refractivity contribution in [2.75, 3.05) is 7.11 Å². The summed E-state index contributed by atoms with van der Waals surface area (Å²) >= 11 is 0. The van der Waals surface area contributed by atoms with Crippen LogP contribution in [0.3, 0.4) is 0 Å². The summed E-state index contributed by atoms with van der Waals surface area (Å²) in [6.07, 6.45) is 2.15. The second-order valence-corrected chi connectivity index (χ2v) is 2.89. The molecule has 0 spiro atoms. The van der Waals surface area contributed by atoms with E-state index >= 15 is 0 Å². The number of hydrogen-bond acceptors (Lipinski definition) is 2. The van der Waals surface area contributed by atoms with Crippen LogP contribution in [0.4, 0.5) is 4.39 Å². The molecule has 0 amide bonds. The molecule has 0 aliphatic carbocycles. The minimum absolute atomic E-state index is 0.327. The number of H-pyrrole nitrogens is 1. The average Bonchev–Trinajstić information content (AvgIpc) is 2.61. The number of ether oxygens (including phenoxy) is 1. The van der Waals surface area contributed by atoms with E-state index in [0.717, 1.165) is 0 Å². The van der Waals surface area contributed by atoms with Gasteiger partial charge in [0.1, 0.15) is 5.75 Å². The topological polar surface area (TPSA) is 42.1 Å². The fraction of sp³-hybridized carbons (Fsp3) is 0.100. The number of methoxy groups -OCH3 is 1. The van der Waals surface area contributed by atoms with Gasteiger partial charge >= 0.3 is 0 Å². The molecule has 2 rings (SSSR count). The summed E-state index contributed by atoms with van der Waals surface area (Å²) in [5, 5.41) is 0.539. The van der Waals surface area contributed by atoms with Crippen LogP contribution in [0.2, 0.25) is 0 Å². The summed E-state index contributed by atoms with van der Waals surface area (Å²) in [7, 11) is 1.45. The number of benzene rings is 1. The van der Waals surface area contributed by atoms with Crippen LogP contribution < -0.4 is 4.74 Å². The van der Waals surface area contributed by atoms with Gasteiger partial charge in [0, 0.05) is 23.2 Å². The zero-order valence-corrected chi connectivity index (χ0v) is 7.50. The molecule has 0 bridgehead atoms. The maximum absolute atomic E-state index is 13.4. The van der Waals surface area contributed by atoms with Gasteiger partial charge in [-0.3, -0.25) is 4.79 Å². The Hall–Kier alpha value is -1.84. The molecule has 1 N–H and O–H groups in total. The molecule has 0 atom stereocenters. The van der Waals surface area contributed by atoms with Gasteiger partial charge in [0.15, 0.2) is 12.1 Å². The molecule has 0 radical (unpaired) electrons. The lowest BCUT2D eigenvalue weighted by molar-refractivity contribution is 0.112. The maximum atomic E-state index is 13.4. The number of carbonyl (C=O) groups is 1. The predicted molar refractivity (Wildman–Crippen MR) is 50.2 cm³/mol. The summed E-state index contributed by atoms with van der Waals surface area (Å²) in [5.41, 5.74) is 0.755. The first-order valence-corrected chi connectivity index (χ1v) is 4.06. The van der Waals surface area contributed by atoms with Crippen LogP contribution in [0, 0.1) is 5.82 Å².